The summed E-state index contributed by atoms with van der Waals surface area (Å²) in [6.07, 6.45) is -0.103. The van der Waals surface area contributed by atoms with E-state index in [4.69, 9.17) is 0 Å². The van der Waals surface area contributed by atoms with Gasteiger partial charge in [-0.15, -0.1) is 11.3 Å². The molecule has 2 N–H and O–H groups in total. The molecule has 0 aliphatic heterocycles. The Morgan fingerprint density at radius 1 is 1.22 bits per heavy atom. The molecule has 0 unspecified atom stereocenters. The molecule has 1 fully saturated rings. The fraction of sp³-hybridized carbons (Fsp3) is 0.529. The highest BCUT2D eigenvalue weighted by atomic mass is 32.1. The molecule has 0 saturated heterocycles. The zero-order valence-corrected chi connectivity index (χ0v) is 15.5. The van der Waals surface area contributed by atoms with Crippen molar-refractivity contribution >= 4 is 17.2 Å². The summed E-state index contributed by atoms with van der Waals surface area (Å²) in [5.41, 5.74) is 2.63. The van der Waals surface area contributed by atoms with Gasteiger partial charge in [-0.25, -0.2) is 9.97 Å². The summed E-state index contributed by atoms with van der Waals surface area (Å²) >= 11 is 1.39. The monoisotopic (exact) mass is 399 g/mol. The highest BCUT2D eigenvalue weighted by molar-refractivity contribution is 7.13. The Hall–Kier alpha value is -2.07. The first-order chi connectivity index (χ1) is 12.8. The molecule has 6 nitrogen and oxygen atoms in total. The number of carbonyl (C=O) groups excluding carboxylic acids is 1. The fourth-order valence-corrected chi connectivity index (χ4v) is 3.64. The Balaban J connectivity index is 1.56. The molecule has 10 heteroatoms. The van der Waals surface area contributed by atoms with E-state index in [0.717, 1.165) is 4.88 Å². The topological polar surface area (TPSA) is 79.8 Å². The lowest BCUT2D eigenvalue weighted by molar-refractivity contribution is -0.126. The molecule has 1 aliphatic carbocycles. The van der Waals surface area contributed by atoms with E-state index in [1.165, 1.54) is 11.3 Å². The smallest absolute Gasteiger partial charge is 0.348 e. The van der Waals surface area contributed by atoms with Crippen LogP contribution in [0.4, 0.5) is 13.2 Å². The number of hydrogen-bond acceptors (Lipinski definition) is 6. The summed E-state index contributed by atoms with van der Waals surface area (Å²) in [5.74, 6) is 0.167. The van der Waals surface area contributed by atoms with Gasteiger partial charge in [0.05, 0.1) is 16.9 Å². The second kappa shape index (κ2) is 8.30. The van der Waals surface area contributed by atoms with E-state index in [1.54, 1.807) is 24.7 Å². The van der Waals surface area contributed by atoms with Crippen LogP contribution in [0.5, 0.6) is 0 Å². The average molecular weight is 399 g/mol. The molecule has 1 saturated carbocycles. The van der Waals surface area contributed by atoms with E-state index >= 15 is 0 Å². The Morgan fingerprint density at radius 2 is 1.93 bits per heavy atom. The van der Waals surface area contributed by atoms with Crippen molar-refractivity contribution in [2.75, 3.05) is 6.54 Å². The van der Waals surface area contributed by atoms with Gasteiger partial charge < -0.3 is 10.6 Å². The highest BCUT2D eigenvalue weighted by Crippen LogP contribution is 2.22. The van der Waals surface area contributed by atoms with Gasteiger partial charge in [-0.2, -0.15) is 13.2 Å². The lowest BCUT2D eigenvalue weighted by Crippen LogP contribution is -2.44. The molecule has 3 rings (SSSR count). The van der Waals surface area contributed by atoms with E-state index < -0.39 is 12.7 Å². The molecule has 2 aromatic heterocycles. The quantitative estimate of drug-likeness (QED) is 0.808. The number of rotatable bonds is 5. The molecule has 2 aromatic rings. The maximum absolute atomic E-state index is 12.5. The maximum Gasteiger partial charge on any atom is 0.401 e. The number of aromatic nitrogens is 3. The summed E-state index contributed by atoms with van der Waals surface area (Å²) in [6, 6.07) is 1.39. The van der Waals surface area contributed by atoms with Crippen LogP contribution in [0.2, 0.25) is 0 Å². The lowest BCUT2D eigenvalue weighted by Gasteiger charge is -2.30. The average Bonchev–Trinajstić information content (AvgIpc) is 3.14. The van der Waals surface area contributed by atoms with Crippen LogP contribution in [0.15, 0.2) is 17.8 Å². The number of amides is 1. The van der Waals surface area contributed by atoms with Crippen LogP contribution >= 0.6 is 11.3 Å². The molecular weight excluding hydrogens is 379 g/mol. The summed E-state index contributed by atoms with van der Waals surface area (Å²) in [5, 5.41) is 5.47. The van der Waals surface area contributed by atoms with Crippen molar-refractivity contribution < 1.29 is 18.0 Å². The van der Waals surface area contributed by atoms with Crippen molar-refractivity contribution in [3.05, 3.63) is 29.2 Å². The number of nitrogens with zero attached hydrogens (tertiary/aromatic N) is 3. The lowest BCUT2D eigenvalue weighted by atomic mass is 9.91. The number of alkyl halides is 3. The number of hydrogen-bond donors (Lipinski definition) is 2. The number of carbonyl (C=O) groups is 1. The van der Waals surface area contributed by atoms with Gasteiger partial charge in [0.15, 0.2) is 5.82 Å². The van der Waals surface area contributed by atoms with Gasteiger partial charge in [0.2, 0.25) is 0 Å². The predicted octanol–water partition coefficient (Wildman–Crippen LogP) is 3.10. The highest BCUT2D eigenvalue weighted by Gasteiger charge is 2.30. The number of nitrogens with one attached hydrogen (secondary N) is 2. The third-order valence-corrected chi connectivity index (χ3v) is 5.16. The summed E-state index contributed by atoms with van der Waals surface area (Å²) < 4.78 is 36.8. The van der Waals surface area contributed by atoms with Gasteiger partial charge in [-0.05, 0) is 38.7 Å². The number of aryl methyl sites for hydroxylation is 1. The minimum Gasteiger partial charge on any atom is -0.348 e. The van der Waals surface area contributed by atoms with Gasteiger partial charge in [0, 0.05) is 24.0 Å². The Kier molecular flexibility index (Phi) is 6.05. The van der Waals surface area contributed by atoms with Crippen molar-refractivity contribution in [2.24, 2.45) is 0 Å². The Labute approximate surface area is 158 Å². The second-order valence-electron chi connectivity index (χ2n) is 6.60. The molecule has 0 bridgehead atoms. The van der Waals surface area contributed by atoms with Crippen LogP contribution in [0.25, 0.3) is 10.7 Å². The SMILES string of the molecule is Cc1cc(C(=O)N[C@H]2CC[C@H](NCC(F)(F)F)CC2)nc(-c2cncs2)n1. The van der Waals surface area contributed by atoms with E-state index in [-0.39, 0.29) is 23.7 Å². The van der Waals surface area contributed by atoms with Gasteiger partial charge >= 0.3 is 6.18 Å². The summed E-state index contributed by atoms with van der Waals surface area (Å²) in [6.45, 7) is 0.815. The van der Waals surface area contributed by atoms with E-state index in [2.05, 4.69) is 25.6 Å². The summed E-state index contributed by atoms with van der Waals surface area (Å²) in [7, 11) is 0. The van der Waals surface area contributed by atoms with E-state index in [0.29, 0.717) is 37.2 Å². The predicted molar refractivity (Wildman–Crippen MR) is 95.4 cm³/mol. The van der Waals surface area contributed by atoms with Gasteiger partial charge in [-0.3, -0.25) is 9.78 Å². The molecule has 27 heavy (non-hydrogen) atoms. The number of halogens is 3. The molecule has 0 aromatic carbocycles. The van der Waals surface area contributed by atoms with Crippen LogP contribution in [-0.4, -0.2) is 45.7 Å². The molecule has 0 atom stereocenters. The van der Waals surface area contributed by atoms with Crippen LogP contribution in [0.3, 0.4) is 0 Å². The zero-order valence-electron chi connectivity index (χ0n) is 14.7. The fourth-order valence-electron chi connectivity index (χ4n) is 3.08. The molecule has 1 amide bonds. The molecular formula is C17H20F3N5OS. The Bertz CT molecular complexity index is 773. The normalized spacial score (nSPS) is 20.4. The van der Waals surface area contributed by atoms with E-state index in [1.807, 2.05) is 0 Å². The third kappa shape index (κ3) is 5.70. The zero-order chi connectivity index (χ0) is 19.4. The largest absolute Gasteiger partial charge is 0.401 e. The third-order valence-electron chi connectivity index (χ3n) is 4.39. The Morgan fingerprint density at radius 3 is 2.56 bits per heavy atom. The van der Waals surface area contributed by atoms with Crippen LogP contribution < -0.4 is 10.6 Å². The number of thiazole rings is 1. The van der Waals surface area contributed by atoms with Crippen molar-refractivity contribution in [2.45, 2.75) is 50.9 Å². The first-order valence-electron chi connectivity index (χ1n) is 8.66. The van der Waals surface area contributed by atoms with Crippen molar-refractivity contribution in [1.29, 1.82) is 0 Å². The molecule has 146 valence electrons. The van der Waals surface area contributed by atoms with E-state index in [9.17, 15) is 18.0 Å². The first-order valence-corrected chi connectivity index (χ1v) is 9.53. The minimum atomic E-state index is -4.20. The van der Waals surface area contributed by atoms with Crippen molar-refractivity contribution in [1.82, 2.24) is 25.6 Å². The van der Waals surface area contributed by atoms with Crippen LogP contribution in [0, 0.1) is 6.92 Å². The van der Waals surface area contributed by atoms with Crippen molar-refractivity contribution in [3.8, 4) is 10.7 Å². The molecule has 0 radical (unpaired) electrons. The first kappa shape index (κ1) is 19.7. The van der Waals surface area contributed by atoms with Gasteiger partial charge in [0.1, 0.15) is 5.69 Å². The van der Waals surface area contributed by atoms with Gasteiger partial charge in [-0.1, -0.05) is 0 Å². The maximum atomic E-state index is 12.5. The van der Waals surface area contributed by atoms with Crippen LogP contribution in [0.1, 0.15) is 41.9 Å². The van der Waals surface area contributed by atoms with Gasteiger partial charge in [0.25, 0.3) is 5.91 Å². The second-order valence-corrected chi connectivity index (χ2v) is 7.49. The molecule has 1 aliphatic rings. The molecule has 0 spiro atoms. The summed E-state index contributed by atoms with van der Waals surface area (Å²) in [4.78, 5) is 26.0. The minimum absolute atomic E-state index is 0.0661. The van der Waals surface area contributed by atoms with Crippen LogP contribution in [-0.2, 0) is 0 Å². The molecule has 2 heterocycles. The standard InChI is InChI=1S/C17H20F3N5OS/c1-10-6-13(25-15(23-10)14-7-21-9-27-14)16(26)24-12-4-2-11(3-5-12)22-8-17(18,19)20/h6-7,9,11-12,22H,2-5,8H2,1H3,(H,24,26)/t11-,12-. The van der Waals surface area contributed by atoms with Crippen molar-refractivity contribution in [3.63, 3.8) is 0 Å².